The van der Waals surface area contributed by atoms with Crippen molar-refractivity contribution in [2.75, 3.05) is 13.2 Å². The topological polar surface area (TPSA) is 242 Å². The van der Waals surface area contributed by atoms with Gasteiger partial charge in [0.05, 0.1) is 25.2 Å². The average Bonchev–Trinajstić information content (AvgIpc) is 2.50. The van der Waals surface area contributed by atoms with Crippen LogP contribution in [0.3, 0.4) is 0 Å². The van der Waals surface area contributed by atoms with Gasteiger partial charge in [-0.3, -0.25) is 0 Å². The Bertz CT molecular complexity index is 308. The van der Waals surface area contributed by atoms with Crippen molar-refractivity contribution in [2.45, 2.75) is 36.6 Å². The van der Waals surface area contributed by atoms with Crippen molar-refractivity contribution < 1.29 is 60.7 Å². The molecular formula is C10H18CaO12. The number of carboxylic acids is 2. The molecule has 0 rings (SSSR count). The van der Waals surface area contributed by atoms with Crippen molar-refractivity contribution in [3.63, 3.8) is 0 Å². The second-order valence-electron chi connectivity index (χ2n) is 4.01. The van der Waals surface area contributed by atoms with Crippen molar-refractivity contribution >= 4 is 49.7 Å². The Labute approximate surface area is 159 Å². The molecule has 0 radical (unpaired) electrons. The van der Waals surface area contributed by atoms with E-state index in [-0.39, 0.29) is 37.7 Å². The van der Waals surface area contributed by atoms with E-state index in [2.05, 4.69) is 0 Å². The first-order valence-corrected chi connectivity index (χ1v) is 5.73. The van der Waals surface area contributed by atoms with Gasteiger partial charge >= 0.3 is 37.7 Å². The van der Waals surface area contributed by atoms with Crippen LogP contribution < -0.4 is 10.2 Å². The Morgan fingerprint density at radius 3 is 1.04 bits per heavy atom. The molecule has 0 bridgehead atoms. The Morgan fingerprint density at radius 2 is 0.913 bits per heavy atom. The SMILES string of the molecule is O=C([O-])[C@@H](O)[C@H](O)[C@H](O)CO.O=C([O-])[C@@H](O)[C@H](O)[C@H](O)CO.[Ca+2]. The van der Waals surface area contributed by atoms with E-state index in [0.717, 1.165) is 0 Å². The van der Waals surface area contributed by atoms with Crippen LogP contribution in [-0.2, 0) is 9.59 Å². The van der Waals surface area contributed by atoms with Crippen LogP contribution in [0.4, 0.5) is 0 Å². The molecule has 0 fully saturated rings. The number of aliphatic hydroxyl groups is 8. The number of rotatable bonds is 8. The van der Waals surface area contributed by atoms with Gasteiger partial charge in [-0.05, 0) is 0 Å². The molecule has 0 unspecified atom stereocenters. The van der Waals surface area contributed by atoms with Gasteiger partial charge in [0.1, 0.15) is 36.6 Å². The van der Waals surface area contributed by atoms with E-state index in [0.29, 0.717) is 0 Å². The predicted molar refractivity (Wildman–Crippen MR) is 66.0 cm³/mol. The number of aliphatic hydroxyl groups excluding tert-OH is 8. The molecule has 0 heterocycles. The van der Waals surface area contributed by atoms with Crippen LogP contribution >= 0.6 is 0 Å². The Balaban J connectivity index is -0.000000333. The van der Waals surface area contributed by atoms with Crippen LogP contribution in [0, 0.1) is 0 Å². The second kappa shape index (κ2) is 14.2. The van der Waals surface area contributed by atoms with Gasteiger partial charge in [-0.25, -0.2) is 0 Å². The number of aliphatic carboxylic acids is 2. The molecule has 0 aliphatic carbocycles. The maximum absolute atomic E-state index is 9.85. The Hall–Kier alpha value is -0.120. The molecule has 13 heteroatoms. The minimum Gasteiger partial charge on any atom is -0.547 e. The third kappa shape index (κ3) is 11.1. The van der Waals surface area contributed by atoms with Crippen LogP contribution in [0.15, 0.2) is 0 Å². The van der Waals surface area contributed by atoms with Crippen molar-refractivity contribution in [1.29, 1.82) is 0 Å². The largest absolute Gasteiger partial charge is 2.00 e. The second-order valence-corrected chi connectivity index (χ2v) is 4.01. The summed E-state index contributed by atoms with van der Waals surface area (Å²) in [5, 5.41) is 87.7. The number of carbonyl (C=O) groups excluding carboxylic acids is 2. The normalized spacial score (nSPS) is 18.1. The van der Waals surface area contributed by atoms with Crippen LogP contribution in [0.5, 0.6) is 0 Å². The smallest absolute Gasteiger partial charge is 0.547 e. The summed E-state index contributed by atoms with van der Waals surface area (Å²) in [6.45, 7) is -1.66. The van der Waals surface area contributed by atoms with Crippen molar-refractivity contribution in [3.8, 4) is 0 Å². The molecule has 0 aliphatic rings. The van der Waals surface area contributed by atoms with Crippen LogP contribution in [0.2, 0.25) is 0 Å². The zero-order chi connectivity index (χ0) is 18.0. The van der Waals surface area contributed by atoms with E-state index in [1.165, 1.54) is 0 Å². The molecule has 0 aromatic heterocycles. The summed E-state index contributed by atoms with van der Waals surface area (Å²) in [6.07, 6.45) is -11.6. The quantitative estimate of drug-likeness (QED) is 0.186. The molecule has 0 aliphatic heterocycles. The van der Waals surface area contributed by atoms with Crippen LogP contribution in [-0.4, -0.2) is 140 Å². The minimum absolute atomic E-state index is 0. The monoisotopic (exact) mass is 370 g/mol. The Kier molecular flexibility index (Phi) is 17.2. The third-order valence-electron chi connectivity index (χ3n) is 2.29. The Morgan fingerprint density at radius 1 is 0.696 bits per heavy atom. The molecule has 0 saturated heterocycles. The molecule has 6 atom stereocenters. The number of hydrogen-bond acceptors (Lipinski definition) is 12. The van der Waals surface area contributed by atoms with Crippen LogP contribution in [0.1, 0.15) is 0 Å². The fourth-order valence-electron chi connectivity index (χ4n) is 0.916. The minimum atomic E-state index is -2.18. The summed E-state index contributed by atoms with van der Waals surface area (Å²) in [5.74, 6) is -3.80. The average molecular weight is 370 g/mol. The molecule has 0 aromatic rings. The summed E-state index contributed by atoms with van der Waals surface area (Å²) in [6, 6.07) is 0. The fraction of sp³-hybridized carbons (Fsp3) is 0.800. The van der Waals surface area contributed by atoms with Crippen molar-refractivity contribution in [1.82, 2.24) is 0 Å². The molecule has 8 N–H and O–H groups in total. The number of carbonyl (C=O) groups is 2. The summed E-state index contributed by atoms with van der Waals surface area (Å²) < 4.78 is 0. The standard InChI is InChI=1S/2C5H10O6.Ca/c2*6-1-2(7)3(8)4(9)5(10)11;/h2*2-4,6-9H,1H2,(H,10,11);/q;;+2/p-2/t2*2-,3-,4+;/m11./s1. The zero-order valence-corrected chi connectivity index (χ0v) is 14.0. The maximum Gasteiger partial charge on any atom is 2.00 e. The molecule has 0 aromatic carbocycles. The van der Waals surface area contributed by atoms with Crippen LogP contribution in [0.25, 0.3) is 0 Å². The van der Waals surface area contributed by atoms with Gasteiger partial charge < -0.3 is 60.7 Å². The van der Waals surface area contributed by atoms with Crippen molar-refractivity contribution in [3.05, 3.63) is 0 Å². The predicted octanol–water partition coefficient (Wildman–Crippen LogP) is -8.76. The van der Waals surface area contributed by atoms with E-state index in [9.17, 15) is 19.8 Å². The fourth-order valence-corrected chi connectivity index (χ4v) is 0.916. The summed E-state index contributed by atoms with van der Waals surface area (Å²) in [7, 11) is 0. The number of carboxylic acid groups (broad SMARTS) is 2. The summed E-state index contributed by atoms with van der Waals surface area (Å²) >= 11 is 0. The first-order chi connectivity index (χ1) is 10.0. The molecule has 0 spiro atoms. The molecular weight excluding hydrogens is 352 g/mol. The van der Waals surface area contributed by atoms with E-state index in [1.54, 1.807) is 0 Å². The first-order valence-electron chi connectivity index (χ1n) is 5.73. The van der Waals surface area contributed by atoms with Gasteiger partial charge in [0, 0.05) is 0 Å². The third-order valence-corrected chi connectivity index (χ3v) is 2.29. The van der Waals surface area contributed by atoms with E-state index in [1.807, 2.05) is 0 Å². The van der Waals surface area contributed by atoms with E-state index >= 15 is 0 Å². The van der Waals surface area contributed by atoms with Crippen molar-refractivity contribution in [2.24, 2.45) is 0 Å². The van der Waals surface area contributed by atoms with Gasteiger partial charge in [0.25, 0.3) is 0 Å². The number of hydrogen-bond donors (Lipinski definition) is 8. The van der Waals surface area contributed by atoms with Gasteiger partial charge in [0.15, 0.2) is 0 Å². The molecule has 23 heavy (non-hydrogen) atoms. The molecule has 132 valence electrons. The van der Waals surface area contributed by atoms with Gasteiger partial charge in [-0.1, -0.05) is 0 Å². The molecule has 0 saturated carbocycles. The summed E-state index contributed by atoms with van der Waals surface area (Å²) in [5.41, 5.74) is 0. The zero-order valence-electron chi connectivity index (χ0n) is 11.8. The van der Waals surface area contributed by atoms with E-state index < -0.39 is 61.8 Å². The molecule has 12 nitrogen and oxygen atoms in total. The van der Waals surface area contributed by atoms with Gasteiger partial charge in [-0.15, -0.1) is 0 Å². The van der Waals surface area contributed by atoms with Gasteiger partial charge in [0.2, 0.25) is 0 Å². The molecule has 0 amide bonds. The van der Waals surface area contributed by atoms with Gasteiger partial charge in [-0.2, -0.15) is 0 Å². The first kappa shape index (κ1) is 27.7. The van der Waals surface area contributed by atoms with E-state index in [4.69, 9.17) is 40.9 Å². The maximum atomic E-state index is 9.85. The summed E-state index contributed by atoms with van der Waals surface area (Å²) in [4.78, 5) is 19.7.